The molecule has 0 radical (unpaired) electrons. The molecule has 3 nitrogen and oxygen atoms in total. The van der Waals surface area contributed by atoms with Crippen molar-refractivity contribution in [2.24, 2.45) is 0 Å². The molecule has 2 aliphatic rings. The molecule has 0 saturated heterocycles. The lowest BCUT2D eigenvalue weighted by molar-refractivity contribution is -0.105. The topological polar surface area (TPSA) is 46.5 Å². The Morgan fingerprint density at radius 2 is 2.18 bits per heavy atom. The van der Waals surface area contributed by atoms with Crippen molar-refractivity contribution >= 4 is 12.4 Å². The number of hydrogen-bond acceptors (Lipinski definition) is 3. The number of carbonyl (C=O) groups is 1. The van der Waals surface area contributed by atoms with E-state index in [1.54, 1.807) is 0 Å². The van der Waals surface area contributed by atoms with Gasteiger partial charge in [0.25, 0.3) is 0 Å². The second kappa shape index (κ2) is 3.86. The van der Waals surface area contributed by atoms with E-state index in [2.05, 4.69) is 0 Å². The van der Waals surface area contributed by atoms with Crippen molar-refractivity contribution in [1.82, 2.24) is 0 Å². The molecular formula is C14H12O3. The van der Waals surface area contributed by atoms with Crippen LogP contribution in [0.3, 0.4) is 0 Å². The number of aliphatic hydroxyl groups is 1. The highest BCUT2D eigenvalue weighted by Crippen LogP contribution is 2.38. The Balaban J connectivity index is 2.18. The van der Waals surface area contributed by atoms with Crippen LogP contribution in [-0.4, -0.2) is 17.5 Å². The lowest BCUT2D eigenvalue weighted by Crippen LogP contribution is -2.24. The van der Waals surface area contributed by atoms with E-state index in [1.807, 2.05) is 30.3 Å². The van der Waals surface area contributed by atoms with Crippen LogP contribution in [0.2, 0.25) is 0 Å². The van der Waals surface area contributed by atoms with Gasteiger partial charge in [-0.25, -0.2) is 0 Å². The highest BCUT2D eigenvalue weighted by atomic mass is 16.5. The summed E-state index contributed by atoms with van der Waals surface area (Å²) >= 11 is 0. The maximum absolute atomic E-state index is 11.0. The molecule has 0 amide bonds. The van der Waals surface area contributed by atoms with Gasteiger partial charge < -0.3 is 9.84 Å². The molecule has 1 aliphatic carbocycles. The monoisotopic (exact) mass is 228 g/mol. The minimum Gasteiger partial charge on any atom is -0.456 e. The fourth-order valence-corrected chi connectivity index (χ4v) is 2.27. The van der Waals surface area contributed by atoms with Crippen LogP contribution >= 0.6 is 0 Å². The SMILES string of the molecule is O=CC1=C2Oc3ccccc3C=C2C(O)CC1. The van der Waals surface area contributed by atoms with Gasteiger partial charge in [0.05, 0.1) is 6.10 Å². The Morgan fingerprint density at radius 3 is 3.00 bits per heavy atom. The van der Waals surface area contributed by atoms with Crippen molar-refractivity contribution in [2.45, 2.75) is 18.9 Å². The molecule has 1 N–H and O–H groups in total. The number of allylic oxidation sites excluding steroid dienone is 1. The van der Waals surface area contributed by atoms with E-state index < -0.39 is 6.10 Å². The number of para-hydroxylation sites is 1. The summed E-state index contributed by atoms with van der Waals surface area (Å²) in [6.07, 6.45) is 3.33. The Labute approximate surface area is 99.0 Å². The Morgan fingerprint density at radius 1 is 1.35 bits per heavy atom. The van der Waals surface area contributed by atoms with Gasteiger partial charge in [-0.2, -0.15) is 0 Å². The summed E-state index contributed by atoms with van der Waals surface area (Å²) < 4.78 is 5.73. The zero-order chi connectivity index (χ0) is 11.8. The first-order valence-corrected chi connectivity index (χ1v) is 5.65. The Hall–Kier alpha value is -1.87. The fraction of sp³-hybridized carbons (Fsp3) is 0.214. The molecule has 1 aromatic rings. The Bertz CT molecular complexity index is 540. The number of carbonyl (C=O) groups excluding carboxylic acids is 1. The fourth-order valence-electron chi connectivity index (χ4n) is 2.27. The number of hydrogen-bond donors (Lipinski definition) is 1. The molecule has 1 atom stereocenters. The summed E-state index contributed by atoms with van der Waals surface area (Å²) in [6, 6.07) is 7.60. The van der Waals surface area contributed by atoms with Gasteiger partial charge in [-0.15, -0.1) is 0 Å². The molecule has 0 bridgehead atoms. The molecule has 1 aliphatic heterocycles. The van der Waals surface area contributed by atoms with Crippen molar-refractivity contribution < 1.29 is 14.6 Å². The zero-order valence-electron chi connectivity index (χ0n) is 9.22. The van der Waals surface area contributed by atoms with Crippen LogP contribution in [0, 0.1) is 0 Å². The van der Waals surface area contributed by atoms with E-state index in [0.29, 0.717) is 24.2 Å². The lowest BCUT2D eigenvalue weighted by atomic mass is 9.88. The first kappa shape index (κ1) is 10.3. The predicted molar refractivity (Wildman–Crippen MR) is 63.4 cm³/mol. The van der Waals surface area contributed by atoms with Crippen LogP contribution in [0.25, 0.3) is 6.08 Å². The average Bonchev–Trinajstić information content (AvgIpc) is 2.38. The van der Waals surface area contributed by atoms with Gasteiger partial charge in [0.2, 0.25) is 0 Å². The van der Waals surface area contributed by atoms with Crippen molar-refractivity contribution in [3.05, 3.63) is 46.7 Å². The van der Waals surface area contributed by atoms with Crippen LogP contribution < -0.4 is 4.74 Å². The second-order valence-corrected chi connectivity index (χ2v) is 4.27. The summed E-state index contributed by atoms with van der Waals surface area (Å²) in [4.78, 5) is 11.0. The van der Waals surface area contributed by atoms with E-state index in [-0.39, 0.29) is 0 Å². The number of aldehydes is 1. The van der Waals surface area contributed by atoms with Gasteiger partial charge in [0, 0.05) is 16.7 Å². The van der Waals surface area contributed by atoms with E-state index in [0.717, 1.165) is 23.2 Å². The van der Waals surface area contributed by atoms with Gasteiger partial charge in [-0.05, 0) is 25.0 Å². The maximum atomic E-state index is 11.0. The summed E-state index contributed by atoms with van der Waals surface area (Å²) in [5.41, 5.74) is 2.30. The third kappa shape index (κ3) is 1.59. The number of ether oxygens (including phenoxy) is 1. The molecule has 3 rings (SSSR count). The first-order valence-electron chi connectivity index (χ1n) is 5.65. The predicted octanol–water partition coefficient (Wildman–Crippen LogP) is 2.07. The highest BCUT2D eigenvalue weighted by Gasteiger charge is 2.29. The number of rotatable bonds is 1. The van der Waals surface area contributed by atoms with Gasteiger partial charge in [-0.3, -0.25) is 4.79 Å². The van der Waals surface area contributed by atoms with Crippen molar-refractivity contribution in [1.29, 1.82) is 0 Å². The summed E-state index contributed by atoms with van der Waals surface area (Å²) in [5.74, 6) is 1.28. The number of benzene rings is 1. The third-order valence-electron chi connectivity index (χ3n) is 3.18. The zero-order valence-corrected chi connectivity index (χ0v) is 9.22. The standard InChI is InChI=1S/C14H12O3/c15-8-10-5-6-12(16)11-7-9-3-1-2-4-13(9)17-14(10)11/h1-4,7-8,12,16H,5-6H2. The minimum absolute atomic E-state index is 0.539. The van der Waals surface area contributed by atoms with Crippen molar-refractivity contribution in [3.8, 4) is 5.75 Å². The Kier molecular flexibility index (Phi) is 2.34. The molecule has 1 aromatic carbocycles. The summed E-state index contributed by atoms with van der Waals surface area (Å²) in [7, 11) is 0. The normalized spacial score (nSPS) is 22.2. The number of aliphatic hydroxyl groups excluding tert-OH is 1. The van der Waals surface area contributed by atoms with Crippen LogP contribution in [0.1, 0.15) is 18.4 Å². The van der Waals surface area contributed by atoms with Crippen LogP contribution in [0.15, 0.2) is 41.2 Å². The van der Waals surface area contributed by atoms with E-state index in [1.165, 1.54) is 0 Å². The third-order valence-corrected chi connectivity index (χ3v) is 3.18. The van der Waals surface area contributed by atoms with Gasteiger partial charge in [-0.1, -0.05) is 18.2 Å². The molecule has 1 unspecified atom stereocenters. The molecule has 0 spiro atoms. The van der Waals surface area contributed by atoms with Gasteiger partial charge in [0.15, 0.2) is 0 Å². The second-order valence-electron chi connectivity index (χ2n) is 4.27. The molecule has 0 saturated carbocycles. The van der Waals surface area contributed by atoms with Crippen LogP contribution in [-0.2, 0) is 4.79 Å². The minimum atomic E-state index is -0.540. The summed E-state index contributed by atoms with van der Waals surface area (Å²) in [6.45, 7) is 0. The molecule has 17 heavy (non-hydrogen) atoms. The highest BCUT2D eigenvalue weighted by molar-refractivity contribution is 5.80. The first-order chi connectivity index (χ1) is 8.29. The van der Waals surface area contributed by atoms with Crippen molar-refractivity contribution in [3.63, 3.8) is 0 Å². The molecule has 86 valence electrons. The maximum Gasteiger partial charge on any atom is 0.149 e. The molecule has 0 fully saturated rings. The van der Waals surface area contributed by atoms with E-state index in [9.17, 15) is 9.90 Å². The molecule has 1 heterocycles. The van der Waals surface area contributed by atoms with Crippen molar-refractivity contribution in [2.75, 3.05) is 0 Å². The number of fused-ring (bicyclic) bond motifs is 2. The molecule has 0 aromatic heterocycles. The largest absolute Gasteiger partial charge is 0.456 e. The average molecular weight is 228 g/mol. The van der Waals surface area contributed by atoms with E-state index >= 15 is 0 Å². The van der Waals surface area contributed by atoms with Crippen LogP contribution in [0.5, 0.6) is 5.75 Å². The molecule has 3 heteroatoms. The van der Waals surface area contributed by atoms with Crippen LogP contribution in [0.4, 0.5) is 0 Å². The quantitative estimate of drug-likeness (QED) is 0.748. The van der Waals surface area contributed by atoms with Gasteiger partial charge >= 0.3 is 0 Å². The smallest absolute Gasteiger partial charge is 0.149 e. The van der Waals surface area contributed by atoms with E-state index in [4.69, 9.17) is 4.74 Å². The summed E-state index contributed by atoms with van der Waals surface area (Å²) in [5, 5.41) is 9.94. The van der Waals surface area contributed by atoms with Gasteiger partial charge in [0.1, 0.15) is 17.8 Å². The lowest BCUT2D eigenvalue weighted by Gasteiger charge is -2.28. The molecular weight excluding hydrogens is 216 g/mol.